The molecule has 1 aliphatic carbocycles. The van der Waals surface area contributed by atoms with Crippen LogP contribution in [0.2, 0.25) is 0 Å². The Balaban J connectivity index is 1.48. The number of aliphatic imine (C=N–C) groups is 1. The van der Waals surface area contributed by atoms with E-state index in [1.54, 1.807) is 6.26 Å². The molecule has 2 aliphatic rings. The Labute approximate surface area is 131 Å². The lowest BCUT2D eigenvalue weighted by Crippen LogP contribution is -2.43. The van der Waals surface area contributed by atoms with Crippen molar-refractivity contribution in [3.63, 3.8) is 0 Å². The molecule has 0 saturated carbocycles. The van der Waals surface area contributed by atoms with Gasteiger partial charge in [-0.05, 0) is 37.8 Å². The number of rotatable bonds is 6. The summed E-state index contributed by atoms with van der Waals surface area (Å²) in [5, 5.41) is 6.91. The average Bonchev–Trinajstić information content (AvgIpc) is 3.28. The highest BCUT2D eigenvalue weighted by Crippen LogP contribution is 2.12. The first-order chi connectivity index (χ1) is 10.9. The van der Waals surface area contributed by atoms with Crippen LogP contribution in [0.1, 0.15) is 31.4 Å². The Morgan fingerprint density at radius 2 is 2.23 bits per heavy atom. The molecule has 1 unspecified atom stereocenters. The molecule has 0 spiro atoms. The summed E-state index contributed by atoms with van der Waals surface area (Å²) in [6.45, 7) is 2.42. The fraction of sp³-hybridized carbons (Fsp3) is 0.588. The van der Waals surface area contributed by atoms with E-state index < -0.39 is 0 Å². The summed E-state index contributed by atoms with van der Waals surface area (Å²) in [6.07, 6.45) is 11.7. The molecule has 5 heteroatoms. The molecule has 1 atom stereocenters. The van der Waals surface area contributed by atoms with Crippen LogP contribution in [-0.2, 0) is 11.2 Å². The molecule has 1 fully saturated rings. The third kappa shape index (κ3) is 4.63. The van der Waals surface area contributed by atoms with Gasteiger partial charge in [0.05, 0.1) is 18.9 Å². The summed E-state index contributed by atoms with van der Waals surface area (Å²) < 4.78 is 11.0. The van der Waals surface area contributed by atoms with Gasteiger partial charge in [0.25, 0.3) is 0 Å². The molecule has 2 N–H and O–H groups in total. The summed E-state index contributed by atoms with van der Waals surface area (Å²) in [5.41, 5.74) is 0. The second-order valence-corrected chi connectivity index (χ2v) is 5.86. The smallest absolute Gasteiger partial charge is 0.191 e. The van der Waals surface area contributed by atoms with Gasteiger partial charge in [-0.15, -0.1) is 0 Å². The topological polar surface area (TPSA) is 58.8 Å². The highest BCUT2D eigenvalue weighted by Gasteiger charge is 2.16. The minimum absolute atomic E-state index is 0.283. The van der Waals surface area contributed by atoms with Gasteiger partial charge in [0.1, 0.15) is 5.76 Å². The van der Waals surface area contributed by atoms with Gasteiger partial charge in [-0.2, -0.15) is 0 Å². The van der Waals surface area contributed by atoms with E-state index in [0.29, 0.717) is 6.04 Å². The molecule has 0 aromatic carbocycles. The fourth-order valence-corrected chi connectivity index (χ4v) is 2.82. The quantitative estimate of drug-likeness (QED) is 0.481. The molecular weight excluding hydrogens is 278 g/mol. The Bertz CT molecular complexity index is 482. The molecular formula is C17H25N3O2. The van der Waals surface area contributed by atoms with Crippen LogP contribution in [0, 0.1) is 0 Å². The summed E-state index contributed by atoms with van der Waals surface area (Å²) in [4.78, 5) is 4.70. The largest absolute Gasteiger partial charge is 0.469 e. The first-order valence-electron chi connectivity index (χ1n) is 8.24. The standard InChI is InChI=1S/C17H25N3O2/c1-2-6-14(5-1)20-17(19-13-16-8-4-12-22-16)18-10-9-15-7-3-11-21-15/h1-3,7,11,14,16H,4-6,8-10,12-13H2,(H2,18,19,20). The van der Waals surface area contributed by atoms with Crippen molar-refractivity contribution in [2.45, 2.75) is 44.2 Å². The van der Waals surface area contributed by atoms with Crippen LogP contribution < -0.4 is 10.6 Å². The Morgan fingerprint density at radius 3 is 2.95 bits per heavy atom. The molecule has 120 valence electrons. The molecule has 2 heterocycles. The Morgan fingerprint density at radius 1 is 1.32 bits per heavy atom. The van der Waals surface area contributed by atoms with Crippen LogP contribution in [-0.4, -0.2) is 37.8 Å². The minimum Gasteiger partial charge on any atom is -0.469 e. The fourth-order valence-electron chi connectivity index (χ4n) is 2.82. The monoisotopic (exact) mass is 303 g/mol. The lowest BCUT2D eigenvalue weighted by atomic mass is 10.2. The predicted molar refractivity (Wildman–Crippen MR) is 87.0 cm³/mol. The van der Waals surface area contributed by atoms with Crippen LogP contribution in [0.25, 0.3) is 0 Å². The van der Waals surface area contributed by atoms with Crippen molar-refractivity contribution in [1.29, 1.82) is 0 Å². The minimum atomic E-state index is 0.283. The number of hydrogen-bond acceptors (Lipinski definition) is 3. The number of guanidine groups is 1. The molecule has 0 amide bonds. The van der Waals surface area contributed by atoms with Crippen LogP contribution in [0.3, 0.4) is 0 Å². The van der Waals surface area contributed by atoms with Crippen molar-refractivity contribution in [2.75, 3.05) is 19.7 Å². The van der Waals surface area contributed by atoms with Crippen LogP contribution in [0.15, 0.2) is 40.0 Å². The number of furan rings is 1. The third-order valence-corrected chi connectivity index (χ3v) is 4.07. The van der Waals surface area contributed by atoms with Gasteiger partial charge in [-0.25, -0.2) is 0 Å². The van der Waals surface area contributed by atoms with Crippen molar-refractivity contribution in [3.05, 3.63) is 36.3 Å². The zero-order valence-electron chi connectivity index (χ0n) is 13.0. The van der Waals surface area contributed by atoms with Gasteiger partial charge in [0.15, 0.2) is 5.96 Å². The molecule has 1 saturated heterocycles. The summed E-state index contributed by atoms with van der Waals surface area (Å²) >= 11 is 0. The number of nitrogens with zero attached hydrogens (tertiary/aromatic N) is 1. The maximum Gasteiger partial charge on any atom is 0.191 e. The Kier molecular flexibility index (Phi) is 5.54. The second-order valence-electron chi connectivity index (χ2n) is 5.86. The number of ether oxygens (including phenoxy) is 1. The van der Waals surface area contributed by atoms with Crippen LogP contribution in [0.5, 0.6) is 0 Å². The van der Waals surface area contributed by atoms with Gasteiger partial charge in [0.2, 0.25) is 0 Å². The highest BCUT2D eigenvalue weighted by molar-refractivity contribution is 5.80. The first kappa shape index (κ1) is 15.2. The van der Waals surface area contributed by atoms with Crippen molar-refractivity contribution in [2.24, 2.45) is 4.99 Å². The van der Waals surface area contributed by atoms with Crippen LogP contribution >= 0.6 is 0 Å². The van der Waals surface area contributed by atoms with E-state index in [4.69, 9.17) is 14.1 Å². The average molecular weight is 303 g/mol. The molecule has 1 aromatic heterocycles. The summed E-state index contributed by atoms with van der Waals surface area (Å²) in [5.74, 6) is 1.88. The van der Waals surface area contributed by atoms with E-state index in [2.05, 4.69) is 22.8 Å². The summed E-state index contributed by atoms with van der Waals surface area (Å²) in [6, 6.07) is 4.38. The zero-order valence-corrected chi connectivity index (χ0v) is 13.0. The van der Waals surface area contributed by atoms with E-state index in [1.165, 1.54) is 0 Å². The van der Waals surface area contributed by atoms with Crippen molar-refractivity contribution < 1.29 is 9.15 Å². The van der Waals surface area contributed by atoms with E-state index in [1.807, 2.05) is 12.1 Å². The van der Waals surface area contributed by atoms with Crippen molar-refractivity contribution in [3.8, 4) is 0 Å². The molecule has 5 nitrogen and oxygen atoms in total. The van der Waals surface area contributed by atoms with Gasteiger partial charge in [-0.1, -0.05) is 12.2 Å². The normalized spacial score (nSPS) is 22.4. The highest BCUT2D eigenvalue weighted by atomic mass is 16.5. The molecule has 0 radical (unpaired) electrons. The molecule has 1 aliphatic heterocycles. The van der Waals surface area contributed by atoms with Crippen molar-refractivity contribution in [1.82, 2.24) is 10.6 Å². The van der Waals surface area contributed by atoms with Gasteiger partial charge >= 0.3 is 0 Å². The third-order valence-electron chi connectivity index (χ3n) is 4.07. The van der Waals surface area contributed by atoms with Crippen molar-refractivity contribution >= 4 is 5.96 Å². The molecule has 0 bridgehead atoms. The number of nitrogens with one attached hydrogen (secondary N) is 2. The number of hydrogen-bond donors (Lipinski definition) is 2. The van der Waals surface area contributed by atoms with Gasteiger partial charge in [-0.3, -0.25) is 4.99 Å². The lowest BCUT2D eigenvalue weighted by Gasteiger charge is -2.18. The second kappa shape index (κ2) is 8.03. The van der Waals surface area contributed by atoms with E-state index in [9.17, 15) is 0 Å². The summed E-state index contributed by atoms with van der Waals surface area (Å²) in [7, 11) is 0. The maximum absolute atomic E-state index is 5.65. The maximum atomic E-state index is 5.65. The van der Waals surface area contributed by atoms with E-state index in [-0.39, 0.29) is 6.10 Å². The van der Waals surface area contributed by atoms with Gasteiger partial charge < -0.3 is 19.8 Å². The van der Waals surface area contributed by atoms with Gasteiger partial charge in [0, 0.05) is 25.6 Å². The van der Waals surface area contributed by atoms with E-state index in [0.717, 1.165) is 63.5 Å². The SMILES string of the molecule is C1=CCC(NC(=NCC2CCCO2)NCCc2ccco2)C1. The Hall–Kier alpha value is -1.75. The molecule has 3 rings (SSSR count). The van der Waals surface area contributed by atoms with Crippen LogP contribution in [0.4, 0.5) is 0 Å². The first-order valence-corrected chi connectivity index (χ1v) is 8.24. The lowest BCUT2D eigenvalue weighted by molar-refractivity contribution is 0.117. The van der Waals surface area contributed by atoms with E-state index >= 15 is 0 Å². The molecule has 22 heavy (non-hydrogen) atoms. The zero-order chi connectivity index (χ0) is 15.0. The molecule has 1 aromatic rings. The predicted octanol–water partition coefficient (Wildman–Crippen LogP) is 2.25.